The number of anilines is 1. The van der Waals surface area contributed by atoms with Crippen molar-refractivity contribution in [2.75, 3.05) is 52.3 Å². The number of ether oxygens (including phenoxy) is 2. The number of esters is 2. The molecule has 1 unspecified atom stereocenters. The van der Waals surface area contributed by atoms with Gasteiger partial charge in [0.2, 0.25) is 11.8 Å². The van der Waals surface area contributed by atoms with Crippen LogP contribution >= 0.6 is 11.3 Å². The average Bonchev–Trinajstić information content (AvgIpc) is 3.62. The summed E-state index contributed by atoms with van der Waals surface area (Å²) in [7, 11) is 3.91. The van der Waals surface area contributed by atoms with E-state index in [1.54, 1.807) is 0 Å². The normalized spacial score (nSPS) is 12.9. The van der Waals surface area contributed by atoms with E-state index in [1.807, 2.05) is 23.9 Å². The monoisotopic (exact) mass is 903 g/mol. The Hall–Kier alpha value is -2.99. The molecule has 0 fully saturated rings. The molecular formula is C51H90N4O7S. The van der Waals surface area contributed by atoms with Crippen molar-refractivity contribution in [1.82, 2.24) is 15.1 Å². The zero-order chi connectivity index (χ0) is 45.9. The van der Waals surface area contributed by atoms with Gasteiger partial charge in [0, 0.05) is 43.8 Å². The SMILES string of the molecule is CCCCCCCCCOC(=O)CCCCCCC(=O)N1CCc2c(sc(NC(=O)CCCCCOC(=O)C(CCCCCC)CCCCCCCC)c2C(=O)NCCN(C)C)C1. The van der Waals surface area contributed by atoms with E-state index in [4.69, 9.17) is 9.47 Å². The molecule has 63 heavy (non-hydrogen) atoms. The third-order valence-electron chi connectivity index (χ3n) is 12.2. The molecule has 3 amide bonds. The van der Waals surface area contributed by atoms with Gasteiger partial charge in [-0.25, -0.2) is 0 Å². The van der Waals surface area contributed by atoms with Crippen molar-refractivity contribution >= 4 is 46.0 Å². The summed E-state index contributed by atoms with van der Waals surface area (Å²) in [4.78, 5) is 70.1. The van der Waals surface area contributed by atoms with E-state index in [2.05, 4.69) is 31.4 Å². The standard InChI is InChI=1S/C51H90N4O7S/c1-6-9-12-15-17-21-28-39-61-47(58)34-27-20-19-26-33-46(57)55-37-35-43-44(41-55)63-50(48(43)49(59)52-36-38-54(4)5)53-45(56)32-25-22-29-40-62-51(60)42(30-23-14-11-8-3)31-24-18-16-13-10-7-2/h42H,6-41H2,1-5H3,(H,52,59)(H,53,56). The van der Waals surface area contributed by atoms with Gasteiger partial charge in [0.1, 0.15) is 5.00 Å². The van der Waals surface area contributed by atoms with Gasteiger partial charge in [0.15, 0.2) is 0 Å². The van der Waals surface area contributed by atoms with Crippen LogP contribution in [0, 0.1) is 5.92 Å². The van der Waals surface area contributed by atoms with Crippen LogP contribution in [0.15, 0.2) is 0 Å². The first-order valence-electron chi connectivity index (χ1n) is 25.6. The second kappa shape index (κ2) is 36.3. The molecule has 2 N–H and O–H groups in total. The Morgan fingerprint density at radius 1 is 0.651 bits per heavy atom. The van der Waals surface area contributed by atoms with Crippen LogP contribution in [-0.2, 0) is 41.6 Å². The molecule has 1 aromatic rings. The van der Waals surface area contributed by atoms with Crippen molar-refractivity contribution in [1.29, 1.82) is 0 Å². The fourth-order valence-electron chi connectivity index (χ4n) is 8.21. The van der Waals surface area contributed by atoms with E-state index in [-0.39, 0.29) is 35.6 Å². The maximum atomic E-state index is 13.6. The van der Waals surface area contributed by atoms with Gasteiger partial charge in [-0.1, -0.05) is 136 Å². The molecule has 1 aromatic heterocycles. The van der Waals surface area contributed by atoms with Gasteiger partial charge in [0.25, 0.3) is 5.91 Å². The molecule has 12 heteroatoms. The number of unbranched alkanes of at least 4 members (excludes halogenated alkanes) is 19. The van der Waals surface area contributed by atoms with Crippen molar-refractivity contribution in [2.24, 2.45) is 5.92 Å². The molecule has 2 rings (SSSR count). The Labute approximate surface area is 387 Å². The van der Waals surface area contributed by atoms with Crippen LogP contribution in [-0.4, -0.2) is 86.4 Å². The number of likely N-dealkylation sites (N-methyl/N-ethyl adjacent to an activating group) is 1. The highest BCUT2D eigenvalue weighted by atomic mass is 32.1. The topological polar surface area (TPSA) is 134 Å². The lowest BCUT2D eigenvalue weighted by Gasteiger charge is -2.27. The number of amides is 3. The maximum Gasteiger partial charge on any atom is 0.308 e. The van der Waals surface area contributed by atoms with Crippen molar-refractivity contribution in [2.45, 2.75) is 220 Å². The number of carbonyl (C=O) groups excluding carboxylic acids is 5. The van der Waals surface area contributed by atoms with Crippen LogP contribution in [0.1, 0.15) is 228 Å². The molecule has 2 heterocycles. The second-order valence-electron chi connectivity index (χ2n) is 18.2. The molecule has 11 nitrogen and oxygen atoms in total. The lowest BCUT2D eigenvalue weighted by Crippen LogP contribution is -2.36. The van der Waals surface area contributed by atoms with E-state index < -0.39 is 0 Å². The molecule has 0 aliphatic carbocycles. The largest absolute Gasteiger partial charge is 0.466 e. The minimum atomic E-state index is -0.201. The van der Waals surface area contributed by atoms with Crippen LogP contribution in [0.5, 0.6) is 0 Å². The Kier molecular flexibility index (Phi) is 32.3. The highest BCUT2D eigenvalue weighted by Gasteiger charge is 2.30. The summed E-state index contributed by atoms with van der Waals surface area (Å²) < 4.78 is 11.2. The molecule has 0 bridgehead atoms. The van der Waals surface area contributed by atoms with Gasteiger partial charge in [-0.2, -0.15) is 0 Å². The molecule has 0 spiro atoms. The first-order valence-corrected chi connectivity index (χ1v) is 26.4. The van der Waals surface area contributed by atoms with Gasteiger partial charge in [-0.15, -0.1) is 11.3 Å². The van der Waals surface area contributed by atoms with Crippen molar-refractivity contribution in [3.8, 4) is 0 Å². The minimum absolute atomic E-state index is 0.0148. The molecule has 0 saturated heterocycles. The minimum Gasteiger partial charge on any atom is -0.466 e. The number of carbonyl (C=O) groups is 5. The number of rotatable bonds is 39. The quantitative estimate of drug-likeness (QED) is 0.0493. The summed E-state index contributed by atoms with van der Waals surface area (Å²) in [5, 5.41) is 6.63. The van der Waals surface area contributed by atoms with E-state index in [1.165, 1.54) is 88.4 Å². The third kappa shape index (κ3) is 25.9. The molecule has 1 aliphatic rings. The highest BCUT2D eigenvalue weighted by Crippen LogP contribution is 2.37. The molecular weight excluding hydrogens is 813 g/mol. The third-order valence-corrected chi connectivity index (χ3v) is 13.3. The lowest BCUT2D eigenvalue weighted by atomic mass is 9.94. The van der Waals surface area contributed by atoms with E-state index in [0.29, 0.717) is 88.5 Å². The Balaban J connectivity index is 1.81. The molecule has 0 saturated carbocycles. The summed E-state index contributed by atoms with van der Waals surface area (Å²) in [5.41, 5.74) is 1.44. The van der Waals surface area contributed by atoms with Crippen LogP contribution in [0.2, 0.25) is 0 Å². The molecule has 0 radical (unpaired) electrons. The van der Waals surface area contributed by atoms with Gasteiger partial charge < -0.3 is 29.9 Å². The molecule has 1 atom stereocenters. The highest BCUT2D eigenvalue weighted by molar-refractivity contribution is 7.17. The number of nitrogens with zero attached hydrogens (tertiary/aromatic N) is 2. The Morgan fingerprint density at radius 3 is 1.81 bits per heavy atom. The van der Waals surface area contributed by atoms with E-state index in [0.717, 1.165) is 87.5 Å². The number of nitrogens with one attached hydrogen (secondary N) is 2. The van der Waals surface area contributed by atoms with Gasteiger partial charge in [0.05, 0.1) is 31.2 Å². The Morgan fingerprint density at radius 2 is 1.17 bits per heavy atom. The smallest absolute Gasteiger partial charge is 0.308 e. The fourth-order valence-corrected chi connectivity index (χ4v) is 9.49. The fraction of sp³-hybridized carbons (Fsp3) is 0.824. The first-order chi connectivity index (χ1) is 30.6. The summed E-state index contributed by atoms with van der Waals surface area (Å²) in [5.74, 6) is -0.448. The van der Waals surface area contributed by atoms with E-state index >= 15 is 0 Å². The maximum absolute atomic E-state index is 13.6. The van der Waals surface area contributed by atoms with Gasteiger partial charge in [-0.3, -0.25) is 24.0 Å². The van der Waals surface area contributed by atoms with Gasteiger partial charge >= 0.3 is 11.9 Å². The predicted octanol–water partition coefficient (Wildman–Crippen LogP) is 11.9. The molecule has 0 aromatic carbocycles. The van der Waals surface area contributed by atoms with Crippen molar-refractivity contribution < 1.29 is 33.4 Å². The van der Waals surface area contributed by atoms with Crippen molar-refractivity contribution in [3.05, 3.63) is 16.0 Å². The lowest BCUT2D eigenvalue weighted by molar-refractivity contribution is -0.149. The number of thiophene rings is 1. The zero-order valence-electron chi connectivity index (χ0n) is 40.7. The second-order valence-corrected chi connectivity index (χ2v) is 19.3. The zero-order valence-corrected chi connectivity index (χ0v) is 41.5. The van der Waals surface area contributed by atoms with Crippen LogP contribution < -0.4 is 10.6 Å². The van der Waals surface area contributed by atoms with Crippen LogP contribution in [0.25, 0.3) is 0 Å². The molecule has 362 valence electrons. The summed E-state index contributed by atoms with van der Waals surface area (Å²) in [6, 6.07) is 0. The summed E-state index contributed by atoms with van der Waals surface area (Å²) in [6.45, 7) is 9.68. The number of fused-ring (bicyclic) bond motifs is 1. The molecule has 1 aliphatic heterocycles. The number of hydrogen-bond acceptors (Lipinski definition) is 9. The summed E-state index contributed by atoms with van der Waals surface area (Å²) in [6.07, 6.45) is 29.3. The average molecular weight is 903 g/mol. The first kappa shape index (κ1) is 56.1. The number of hydrogen-bond donors (Lipinski definition) is 2. The van der Waals surface area contributed by atoms with Crippen LogP contribution in [0.3, 0.4) is 0 Å². The van der Waals surface area contributed by atoms with Crippen LogP contribution in [0.4, 0.5) is 5.00 Å². The Bertz CT molecular complexity index is 1420. The van der Waals surface area contributed by atoms with E-state index in [9.17, 15) is 24.0 Å². The summed E-state index contributed by atoms with van der Waals surface area (Å²) >= 11 is 1.40. The van der Waals surface area contributed by atoms with Gasteiger partial charge in [-0.05, 0) is 77.4 Å². The predicted molar refractivity (Wildman–Crippen MR) is 259 cm³/mol. The van der Waals surface area contributed by atoms with Crippen molar-refractivity contribution in [3.63, 3.8) is 0 Å².